The number of nitrogens with one attached hydrogen (secondary N) is 1. The first-order valence-electron chi connectivity index (χ1n) is 6.13. The lowest BCUT2D eigenvalue weighted by Crippen LogP contribution is -2.11. The third-order valence-electron chi connectivity index (χ3n) is 2.95. The lowest BCUT2D eigenvalue weighted by Gasteiger charge is -1.97. The van der Waals surface area contributed by atoms with Crippen LogP contribution in [0.1, 0.15) is 25.7 Å². The summed E-state index contributed by atoms with van der Waals surface area (Å²) in [5.41, 5.74) is 1.58. The predicted molar refractivity (Wildman–Crippen MR) is 79.2 cm³/mol. The van der Waals surface area contributed by atoms with Crippen LogP contribution in [0.25, 0.3) is 5.65 Å². The summed E-state index contributed by atoms with van der Waals surface area (Å²) in [7, 11) is 0. The molecular weight excluding hydrogens is 290 g/mol. The Kier molecular flexibility index (Phi) is 3.19. The van der Waals surface area contributed by atoms with Gasteiger partial charge in [0.1, 0.15) is 16.2 Å². The van der Waals surface area contributed by atoms with E-state index in [1.807, 2.05) is 12.1 Å². The van der Waals surface area contributed by atoms with Crippen molar-refractivity contribution in [1.29, 1.82) is 0 Å². The maximum atomic E-state index is 12.1. The lowest BCUT2D eigenvalue weighted by atomic mass is 10.3. The number of hydrogen-bond acceptors (Lipinski definition) is 4. The van der Waals surface area contributed by atoms with Crippen LogP contribution < -0.4 is 5.32 Å². The number of rotatable bonds is 3. The second-order valence-electron chi connectivity index (χ2n) is 4.47. The summed E-state index contributed by atoms with van der Waals surface area (Å²) >= 11 is 1.03. The number of amides is 1. The standard InChI is InChI=1S/C14H11N3O3S/c1-8-6-11(21-12(8)14(19)20)16-13(18)9-7-17-5-3-2-4-10(17)15-9/h2-7H,1H3,(H,16,18)(H,19,20). The Morgan fingerprint density at radius 3 is 2.86 bits per heavy atom. The van der Waals surface area contributed by atoms with Crippen LogP contribution in [0.2, 0.25) is 0 Å². The molecular formula is C14H11N3O3S. The average Bonchev–Trinajstić information content (AvgIpc) is 3.02. The zero-order chi connectivity index (χ0) is 15.0. The van der Waals surface area contributed by atoms with Gasteiger partial charge in [-0.3, -0.25) is 4.79 Å². The number of hydrogen-bond donors (Lipinski definition) is 2. The number of carboxylic acid groups (broad SMARTS) is 1. The van der Waals surface area contributed by atoms with Gasteiger partial charge < -0.3 is 14.8 Å². The molecule has 7 heteroatoms. The van der Waals surface area contributed by atoms with Gasteiger partial charge in [0.15, 0.2) is 0 Å². The van der Waals surface area contributed by atoms with Gasteiger partial charge in [0.2, 0.25) is 0 Å². The van der Waals surface area contributed by atoms with Crippen molar-refractivity contribution in [2.24, 2.45) is 0 Å². The molecule has 21 heavy (non-hydrogen) atoms. The van der Waals surface area contributed by atoms with Crippen LogP contribution in [0, 0.1) is 6.92 Å². The highest BCUT2D eigenvalue weighted by atomic mass is 32.1. The topological polar surface area (TPSA) is 83.7 Å². The minimum absolute atomic E-state index is 0.223. The Morgan fingerprint density at radius 2 is 2.19 bits per heavy atom. The molecule has 2 N–H and O–H groups in total. The summed E-state index contributed by atoms with van der Waals surface area (Å²) in [6, 6.07) is 7.13. The number of anilines is 1. The van der Waals surface area contributed by atoms with E-state index in [9.17, 15) is 9.59 Å². The minimum atomic E-state index is -0.995. The molecule has 3 heterocycles. The summed E-state index contributed by atoms with van der Waals surface area (Å²) in [6.07, 6.45) is 3.43. The number of aryl methyl sites for hydroxylation is 1. The molecule has 0 fully saturated rings. The highest BCUT2D eigenvalue weighted by Gasteiger charge is 2.16. The van der Waals surface area contributed by atoms with Gasteiger partial charge in [-0.15, -0.1) is 11.3 Å². The molecule has 0 bridgehead atoms. The van der Waals surface area contributed by atoms with Crippen LogP contribution in [0.5, 0.6) is 0 Å². The number of imidazole rings is 1. The highest BCUT2D eigenvalue weighted by molar-refractivity contribution is 7.18. The van der Waals surface area contributed by atoms with Crippen molar-refractivity contribution < 1.29 is 14.7 Å². The Bertz CT molecular complexity index is 817. The number of fused-ring (bicyclic) bond motifs is 1. The number of aromatic nitrogens is 2. The third-order valence-corrected chi connectivity index (χ3v) is 4.09. The van der Waals surface area contributed by atoms with Crippen molar-refractivity contribution in [2.45, 2.75) is 6.92 Å². The van der Waals surface area contributed by atoms with Gasteiger partial charge in [0, 0.05) is 12.4 Å². The molecule has 0 saturated heterocycles. The summed E-state index contributed by atoms with van der Waals surface area (Å²) < 4.78 is 1.75. The monoisotopic (exact) mass is 301 g/mol. The van der Waals surface area contributed by atoms with E-state index in [4.69, 9.17) is 5.11 Å². The zero-order valence-electron chi connectivity index (χ0n) is 11.0. The molecule has 106 valence electrons. The van der Waals surface area contributed by atoms with Crippen LogP contribution in [-0.4, -0.2) is 26.4 Å². The van der Waals surface area contributed by atoms with Crippen molar-refractivity contribution in [3.8, 4) is 0 Å². The molecule has 1 amide bonds. The van der Waals surface area contributed by atoms with E-state index in [-0.39, 0.29) is 16.5 Å². The Labute approximate surface area is 123 Å². The number of carboxylic acids is 1. The molecule has 0 aliphatic carbocycles. The first-order valence-corrected chi connectivity index (χ1v) is 6.95. The Balaban J connectivity index is 1.86. The Hall–Kier alpha value is -2.67. The van der Waals surface area contributed by atoms with E-state index < -0.39 is 5.97 Å². The van der Waals surface area contributed by atoms with Gasteiger partial charge >= 0.3 is 5.97 Å². The fourth-order valence-corrected chi connectivity index (χ4v) is 2.88. The SMILES string of the molecule is Cc1cc(NC(=O)c2cn3ccccc3n2)sc1C(=O)O. The number of carbonyl (C=O) groups is 2. The summed E-state index contributed by atoms with van der Waals surface area (Å²) in [4.78, 5) is 27.6. The molecule has 0 aliphatic heterocycles. The van der Waals surface area contributed by atoms with E-state index >= 15 is 0 Å². The maximum absolute atomic E-state index is 12.1. The van der Waals surface area contributed by atoms with Crippen LogP contribution in [-0.2, 0) is 0 Å². The molecule has 3 aromatic rings. The van der Waals surface area contributed by atoms with Crippen LogP contribution >= 0.6 is 11.3 Å². The fraction of sp³-hybridized carbons (Fsp3) is 0.0714. The molecule has 0 spiro atoms. The molecule has 0 unspecified atom stereocenters. The second-order valence-corrected chi connectivity index (χ2v) is 5.53. The van der Waals surface area contributed by atoms with Gasteiger partial charge in [-0.05, 0) is 30.7 Å². The number of aromatic carboxylic acids is 1. The first kappa shape index (κ1) is 13.3. The fourth-order valence-electron chi connectivity index (χ4n) is 1.98. The predicted octanol–water partition coefficient (Wildman–Crippen LogP) is 2.65. The second kappa shape index (κ2) is 5.02. The van der Waals surface area contributed by atoms with Gasteiger partial charge in [-0.25, -0.2) is 9.78 Å². The summed E-state index contributed by atoms with van der Waals surface area (Å²) in [5.74, 6) is -1.36. The lowest BCUT2D eigenvalue weighted by molar-refractivity contribution is 0.0701. The highest BCUT2D eigenvalue weighted by Crippen LogP contribution is 2.26. The van der Waals surface area contributed by atoms with E-state index in [2.05, 4.69) is 10.3 Å². The van der Waals surface area contributed by atoms with E-state index in [1.165, 1.54) is 0 Å². The van der Waals surface area contributed by atoms with Crippen molar-refractivity contribution in [2.75, 3.05) is 5.32 Å². The first-order chi connectivity index (χ1) is 10.0. The van der Waals surface area contributed by atoms with Gasteiger partial charge in [0.05, 0.1) is 5.00 Å². The average molecular weight is 301 g/mol. The molecule has 0 aromatic carbocycles. The molecule has 3 rings (SSSR count). The van der Waals surface area contributed by atoms with Crippen molar-refractivity contribution >= 4 is 33.9 Å². The quantitative estimate of drug-likeness (QED) is 0.779. The smallest absolute Gasteiger partial charge is 0.346 e. The summed E-state index contributed by atoms with van der Waals surface area (Å²) in [6.45, 7) is 1.69. The van der Waals surface area contributed by atoms with E-state index in [0.29, 0.717) is 16.2 Å². The minimum Gasteiger partial charge on any atom is -0.477 e. The number of carbonyl (C=O) groups excluding carboxylic acids is 1. The Morgan fingerprint density at radius 1 is 1.38 bits per heavy atom. The van der Waals surface area contributed by atoms with Crippen LogP contribution in [0.15, 0.2) is 36.7 Å². The molecule has 0 atom stereocenters. The molecule has 6 nitrogen and oxygen atoms in total. The molecule has 3 aromatic heterocycles. The van der Waals surface area contributed by atoms with Gasteiger partial charge in [-0.1, -0.05) is 6.07 Å². The number of pyridine rings is 1. The molecule has 0 radical (unpaired) electrons. The van der Waals surface area contributed by atoms with Gasteiger partial charge in [-0.2, -0.15) is 0 Å². The van der Waals surface area contributed by atoms with Crippen molar-refractivity contribution in [1.82, 2.24) is 9.38 Å². The van der Waals surface area contributed by atoms with E-state index in [0.717, 1.165) is 11.3 Å². The van der Waals surface area contributed by atoms with Crippen molar-refractivity contribution in [3.63, 3.8) is 0 Å². The zero-order valence-corrected chi connectivity index (χ0v) is 11.8. The number of thiophene rings is 1. The number of nitrogens with zero attached hydrogens (tertiary/aromatic N) is 2. The largest absolute Gasteiger partial charge is 0.477 e. The maximum Gasteiger partial charge on any atom is 0.346 e. The van der Waals surface area contributed by atoms with E-state index in [1.54, 1.807) is 35.9 Å². The van der Waals surface area contributed by atoms with Crippen molar-refractivity contribution in [3.05, 3.63) is 52.8 Å². The van der Waals surface area contributed by atoms with Crippen LogP contribution in [0.3, 0.4) is 0 Å². The summed E-state index contributed by atoms with van der Waals surface area (Å²) in [5, 5.41) is 12.2. The normalized spacial score (nSPS) is 10.7. The van der Waals surface area contributed by atoms with Gasteiger partial charge in [0.25, 0.3) is 5.91 Å². The van der Waals surface area contributed by atoms with Crippen LogP contribution in [0.4, 0.5) is 5.00 Å². The third kappa shape index (κ3) is 2.50. The molecule has 0 aliphatic rings. The molecule has 0 saturated carbocycles.